The fraction of sp³-hybridized carbons (Fsp3) is 0.154. The van der Waals surface area contributed by atoms with Gasteiger partial charge in [0.05, 0.1) is 9.85 Å². The van der Waals surface area contributed by atoms with Gasteiger partial charge in [0.25, 0.3) is 11.6 Å². The molecule has 0 fully saturated rings. The number of hydrazine groups is 1. The molecule has 1 aromatic heterocycles. The van der Waals surface area contributed by atoms with E-state index in [9.17, 15) is 25.0 Å². The molecule has 1 aromatic carbocycles. The maximum Gasteiger partial charge on any atom is 0.355 e. The van der Waals surface area contributed by atoms with E-state index >= 15 is 0 Å². The number of nitro benzene ring substituents is 1. The Morgan fingerprint density at radius 2 is 1.72 bits per heavy atom. The molecule has 25 heavy (non-hydrogen) atoms. The largest absolute Gasteiger partial charge is 0.357 e. The number of non-ortho nitro benzene ring substituents is 1. The fourth-order valence-corrected chi connectivity index (χ4v) is 1.88. The molecule has 1 heterocycles. The molecule has 0 aliphatic carbocycles. The standard InChI is InChI=1S/C13H13N7O5/c1-18(2)12-10(20(24)25)11(14-7-15-12)16-17-13(21)8-3-5-9(6-4-8)19(22)23/h3-7H,1-2H3,(H,17,21)(H,14,15,16). The average molecular weight is 347 g/mol. The van der Waals surface area contributed by atoms with E-state index in [2.05, 4.69) is 20.8 Å². The maximum absolute atomic E-state index is 12.0. The highest BCUT2D eigenvalue weighted by Gasteiger charge is 2.24. The lowest BCUT2D eigenvalue weighted by atomic mass is 10.2. The Labute approximate surface area is 140 Å². The Morgan fingerprint density at radius 1 is 1.08 bits per heavy atom. The molecule has 12 heteroatoms. The first kappa shape index (κ1) is 17.5. The summed E-state index contributed by atoms with van der Waals surface area (Å²) in [6.45, 7) is 0. The first-order chi connectivity index (χ1) is 11.8. The highest BCUT2D eigenvalue weighted by atomic mass is 16.6. The van der Waals surface area contributed by atoms with Gasteiger partial charge in [0.15, 0.2) is 0 Å². The summed E-state index contributed by atoms with van der Waals surface area (Å²) in [6, 6.07) is 4.86. The zero-order valence-electron chi connectivity index (χ0n) is 13.2. The number of aromatic nitrogens is 2. The van der Waals surface area contributed by atoms with Gasteiger partial charge >= 0.3 is 5.69 Å². The minimum absolute atomic E-state index is 0.0621. The molecule has 0 aliphatic rings. The average Bonchev–Trinajstić information content (AvgIpc) is 2.59. The quantitative estimate of drug-likeness (QED) is 0.577. The smallest absolute Gasteiger partial charge is 0.355 e. The zero-order chi connectivity index (χ0) is 18.6. The Bertz CT molecular complexity index is 822. The number of amides is 1. The molecule has 130 valence electrons. The number of rotatable bonds is 6. The molecule has 0 spiro atoms. The summed E-state index contributed by atoms with van der Waals surface area (Å²) in [4.78, 5) is 41.6. The van der Waals surface area contributed by atoms with Crippen LogP contribution in [0.3, 0.4) is 0 Å². The summed E-state index contributed by atoms with van der Waals surface area (Å²) in [7, 11) is 3.16. The minimum Gasteiger partial charge on any atom is -0.357 e. The highest BCUT2D eigenvalue weighted by Crippen LogP contribution is 2.29. The monoisotopic (exact) mass is 347 g/mol. The number of nitrogens with zero attached hydrogens (tertiary/aromatic N) is 5. The first-order valence-electron chi connectivity index (χ1n) is 6.78. The second-order valence-electron chi connectivity index (χ2n) is 4.93. The SMILES string of the molecule is CN(C)c1ncnc(NNC(=O)c2ccc([N+](=O)[O-])cc2)c1[N+](=O)[O-]. The molecule has 0 atom stereocenters. The van der Waals surface area contributed by atoms with E-state index in [4.69, 9.17) is 0 Å². The summed E-state index contributed by atoms with van der Waals surface area (Å²) >= 11 is 0. The van der Waals surface area contributed by atoms with Gasteiger partial charge < -0.3 is 4.90 Å². The van der Waals surface area contributed by atoms with Crippen LogP contribution in [-0.2, 0) is 0 Å². The Morgan fingerprint density at radius 3 is 2.24 bits per heavy atom. The van der Waals surface area contributed by atoms with Crippen molar-refractivity contribution in [2.24, 2.45) is 0 Å². The second-order valence-corrected chi connectivity index (χ2v) is 4.93. The summed E-state index contributed by atoms with van der Waals surface area (Å²) in [5.41, 5.74) is 4.19. The maximum atomic E-state index is 12.0. The van der Waals surface area contributed by atoms with Crippen LogP contribution in [0.15, 0.2) is 30.6 Å². The molecular formula is C13H13N7O5. The molecule has 0 saturated carbocycles. The van der Waals surface area contributed by atoms with Crippen LogP contribution in [0.25, 0.3) is 0 Å². The molecule has 2 N–H and O–H groups in total. The van der Waals surface area contributed by atoms with Crippen molar-refractivity contribution in [1.29, 1.82) is 0 Å². The second kappa shape index (κ2) is 7.16. The van der Waals surface area contributed by atoms with Gasteiger partial charge in [0.2, 0.25) is 11.6 Å². The van der Waals surface area contributed by atoms with E-state index < -0.39 is 21.4 Å². The third-order valence-corrected chi connectivity index (χ3v) is 3.04. The van der Waals surface area contributed by atoms with Crippen molar-refractivity contribution in [2.75, 3.05) is 24.4 Å². The Balaban J connectivity index is 2.18. The lowest BCUT2D eigenvalue weighted by molar-refractivity contribution is -0.384. The van der Waals surface area contributed by atoms with E-state index in [-0.39, 0.29) is 22.9 Å². The lowest BCUT2D eigenvalue weighted by Crippen LogP contribution is -2.30. The number of nitrogens with one attached hydrogen (secondary N) is 2. The molecule has 0 aliphatic heterocycles. The van der Waals surface area contributed by atoms with Crippen LogP contribution in [-0.4, -0.2) is 39.8 Å². The minimum atomic E-state index is -0.671. The van der Waals surface area contributed by atoms with E-state index in [1.54, 1.807) is 14.1 Å². The van der Waals surface area contributed by atoms with Crippen LogP contribution in [0.4, 0.5) is 23.0 Å². The van der Waals surface area contributed by atoms with Crippen molar-refractivity contribution in [3.8, 4) is 0 Å². The van der Waals surface area contributed by atoms with Crippen molar-refractivity contribution >= 4 is 28.9 Å². The normalized spacial score (nSPS) is 10.0. The van der Waals surface area contributed by atoms with E-state index in [0.717, 1.165) is 6.33 Å². The molecular weight excluding hydrogens is 334 g/mol. The van der Waals surface area contributed by atoms with Gasteiger partial charge in [-0.1, -0.05) is 0 Å². The number of benzene rings is 1. The zero-order valence-corrected chi connectivity index (χ0v) is 13.2. The fourth-order valence-electron chi connectivity index (χ4n) is 1.88. The van der Waals surface area contributed by atoms with E-state index in [0.29, 0.717) is 0 Å². The molecule has 2 rings (SSSR count). The Hall–Kier alpha value is -3.83. The van der Waals surface area contributed by atoms with Crippen molar-refractivity contribution in [2.45, 2.75) is 0 Å². The van der Waals surface area contributed by atoms with Gasteiger partial charge in [0, 0.05) is 31.8 Å². The number of hydrogen-bond acceptors (Lipinski definition) is 9. The Kier molecular flexibility index (Phi) is 5.02. The van der Waals surface area contributed by atoms with Crippen LogP contribution in [0.2, 0.25) is 0 Å². The van der Waals surface area contributed by atoms with Gasteiger partial charge in [-0.05, 0) is 12.1 Å². The van der Waals surface area contributed by atoms with Gasteiger partial charge in [-0.3, -0.25) is 35.9 Å². The van der Waals surface area contributed by atoms with Gasteiger partial charge in [-0.15, -0.1) is 0 Å². The molecule has 2 aromatic rings. The molecule has 0 saturated heterocycles. The van der Waals surface area contributed by atoms with Gasteiger partial charge in [-0.25, -0.2) is 9.97 Å². The number of carbonyl (C=O) groups is 1. The van der Waals surface area contributed by atoms with E-state index in [1.807, 2.05) is 0 Å². The van der Waals surface area contributed by atoms with Crippen LogP contribution in [0.5, 0.6) is 0 Å². The topological polar surface area (TPSA) is 156 Å². The summed E-state index contributed by atoms with van der Waals surface area (Å²) < 4.78 is 0. The molecule has 0 bridgehead atoms. The van der Waals surface area contributed by atoms with Crippen molar-refractivity contribution in [3.63, 3.8) is 0 Å². The van der Waals surface area contributed by atoms with Gasteiger partial charge in [0.1, 0.15) is 6.33 Å². The summed E-state index contributed by atoms with van der Waals surface area (Å²) in [6.07, 6.45) is 1.11. The molecule has 12 nitrogen and oxygen atoms in total. The third kappa shape index (κ3) is 3.93. The number of carbonyl (C=O) groups excluding carboxylic acids is 1. The number of hydrogen-bond donors (Lipinski definition) is 2. The first-order valence-corrected chi connectivity index (χ1v) is 6.78. The lowest BCUT2D eigenvalue weighted by Gasteiger charge is -2.13. The predicted octanol–water partition coefficient (Wildman–Crippen LogP) is 1.12. The van der Waals surface area contributed by atoms with E-state index in [1.165, 1.54) is 29.2 Å². The highest BCUT2D eigenvalue weighted by molar-refractivity contribution is 5.95. The van der Waals surface area contributed by atoms with Crippen LogP contribution in [0.1, 0.15) is 10.4 Å². The van der Waals surface area contributed by atoms with Crippen LogP contribution >= 0.6 is 0 Å². The molecule has 0 radical (unpaired) electrons. The van der Waals surface area contributed by atoms with Crippen LogP contribution in [0, 0.1) is 20.2 Å². The van der Waals surface area contributed by atoms with Crippen LogP contribution < -0.4 is 15.8 Å². The number of anilines is 2. The van der Waals surface area contributed by atoms with Crippen molar-refractivity contribution in [3.05, 3.63) is 56.4 Å². The number of nitro groups is 2. The summed E-state index contributed by atoms with van der Waals surface area (Å²) in [5.74, 6) is -0.778. The molecule has 1 amide bonds. The van der Waals surface area contributed by atoms with Crippen molar-refractivity contribution in [1.82, 2.24) is 15.4 Å². The van der Waals surface area contributed by atoms with Gasteiger partial charge in [-0.2, -0.15) is 0 Å². The third-order valence-electron chi connectivity index (χ3n) is 3.04. The summed E-state index contributed by atoms with van der Waals surface area (Å²) in [5, 5.41) is 21.8. The molecule has 0 unspecified atom stereocenters. The predicted molar refractivity (Wildman–Crippen MR) is 87.2 cm³/mol. The van der Waals surface area contributed by atoms with Crippen molar-refractivity contribution < 1.29 is 14.6 Å².